The van der Waals surface area contributed by atoms with Crippen LogP contribution in [0.4, 0.5) is 0 Å². The van der Waals surface area contributed by atoms with Crippen molar-refractivity contribution in [3.05, 3.63) is 51.4 Å². The predicted octanol–water partition coefficient (Wildman–Crippen LogP) is 1.00. The molecule has 3 aromatic rings. The van der Waals surface area contributed by atoms with Crippen molar-refractivity contribution in [1.82, 2.24) is 23.8 Å². The number of rotatable bonds is 3. The summed E-state index contributed by atoms with van der Waals surface area (Å²) in [4.78, 5) is 35.6. The third-order valence-electron chi connectivity index (χ3n) is 6.56. The molecule has 0 radical (unpaired) electrons. The lowest BCUT2D eigenvalue weighted by Crippen LogP contribution is -2.48. The second-order valence-corrected chi connectivity index (χ2v) is 8.79. The zero-order chi connectivity index (χ0) is 22.4. The monoisotopic (exact) mass is 436 g/mol. The Balaban J connectivity index is 1.72. The van der Waals surface area contributed by atoms with E-state index in [2.05, 4.69) is 4.90 Å². The number of aryl methyl sites for hydroxylation is 1. The SMILES string of the molecule is Cc1cccn2c(=O)c3cc(C(=O)N4CCN(C)CC4)c(=N)n(C[C@H]4CCCO4)c3nc12. The second-order valence-electron chi connectivity index (χ2n) is 8.79. The normalized spacial score (nSPS) is 19.8. The maximum atomic E-state index is 13.4. The van der Waals surface area contributed by atoms with Crippen molar-refractivity contribution in [3.63, 3.8) is 0 Å². The van der Waals surface area contributed by atoms with Gasteiger partial charge in [-0.25, -0.2) is 4.98 Å². The van der Waals surface area contributed by atoms with Crippen LogP contribution in [0.5, 0.6) is 0 Å². The number of carbonyl (C=O) groups is 1. The minimum atomic E-state index is -0.234. The first kappa shape index (κ1) is 20.8. The van der Waals surface area contributed by atoms with Gasteiger partial charge in [0.2, 0.25) is 0 Å². The van der Waals surface area contributed by atoms with E-state index < -0.39 is 0 Å². The van der Waals surface area contributed by atoms with Crippen LogP contribution in [0.3, 0.4) is 0 Å². The van der Waals surface area contributed by atoms with E-state index in [0.29, 0.717) is 42.9 Å². The molecule has 0 bridgehead atoms. The molecule has 0 spiro atoms. The highest BCUT2D eigenvalue weighted by Gasteiger charge is 2.26. The molecule has 5 heterocycles. The van der Waals surface area contributed by atoms with E-state index in [4.69, 9.17) is 15.1 Å². The Morgan fingerprint density at radius 2 is 2.03 bits per heavy atom. The van der Waals surface area contributed by atoms with Gasteiger partial charge >= 0.3 is 0 Å². The number of aromatic nitrogens is 3. The fourth-order valence-electron chi connectivity index (χ4n) is 4.61. The molecule has 0 saturated carbocycles. The summed E-state index contributed by atoms with van der Waals surface area (Å²) in [5, 5.41) is 9.26. The van der Waals surface area contributed by atoms with Crippen molar-refractivity contribution >= 4 is 22.6 Å². The maximum absolute atomic E-state index is 13.4. The van der Waals surface area contributed by atoms with Gasteiger partial charge in [0.05, 0.1) is 23.6 Å². The van der Waals surface area contributed by atoms with Crippen LogP contribution < -0.4 is 11.0 Å². The molecule has 1 amide bonds. The fourth-order valence-corrected chi connectivity index (χ4v) is 4.61. The molecule has 0 unspecified atom stereocenters. The highest BCUT2D eigenvalue weighted by atomic mass is 16.5. The molecule has 32 heavy (non-hydrogen) atoms. The number of likely N-dealkylation sites (N-methyl/N-ethyl adjacent to an activating group) is 1. The Morgan fingerprint density at radius 1 is 1.25 bits per heavy atom. The van der Waals surface area contributed by atoms with Gasteiger partial charge < -0.3 is 19.1 Å². The number of carbonyl (C=O) groups excluding carboxylic acids is 1. The molecule has 2 fully saturated rings. The molecule has 9 heteroatoms. The number of hydrogen-bond acceptors (Lipinski definition) is 6. The van der Waals surface area contributed by atoms with E-state index in [-0.39, 0.29) is 28.6 Å². The lowest BCUT2D eigenvalue weighted by atomic mass is 10.1. The van der Waals surface area contributed by atoms with Gasteiger partial charge in [0.25, 0.3) is 11.5 Å². The highest BCUT2D eigenvalue weighted by Crippen LogP contribution is 2.18. The highest BCUT2D eigenvalue weighted by molar-refractivity contribution is 5.97. The summed E-state index contributed by atoms with van der Waals surface area (Å²) in [5.74, 6) is -0.208. The fraction of sp³-hybridized carbons (Fsp3) is 0.478. The first-order valence-electron chi connectivity index (χ1n) is 11.1. The van der Waals surface area contributed by atoms with Crippen molar-refractivity contribution in [1.29, 1.82) is 5.41 Å². The molecule has 0 aromatic carbocycles. The Hall–Kier alpha value is -3.04. The van der Waals surface area contributed by atoms with Crippen LogP contribution in [0, 0.1) is 12.3 Å². The molecule has 1 N–H and O–H groups in total. The Labute approximate surface area is 185 Å². The smallest absolute Gasteiger partial charge is 0.267 e. The number of nitrogens with one attached hydrogen (secondary N) is 1. The van der Waals surface area contributed by atoms with Gasteiger partial charge in [0.15, 0.2) is 0 Å². The molecule has 1 atom stereocenters. The average Bonchev–Trinajstić information content (AvgIpc) is 3.30. The molecule has 2 saturated heterocycles. The lowest BCUT2D eigenvalue weighted by Gasteiger charge is -2.32. The third kappa shape index (κ3) is 3.51. The van der Waals surface area contributed by atoms with Gasteiger partial charge in [-0.15, -0.1) is 0 Å². The quantitative estimate of drug-likeness (QED) is 0.618. The van der Waals surface area contributed by atoms with E-state index in [0.717, 1.165) is 31.5 Å². The Kier molecular flexibility index (Phi) is 5.30. The number of hydrogen-bond donors (Lipinski definition) is 1. The van der Waals surface area contributed by atoms with Crippen molar-refractivity contribution < 1.29 is 9.53 Å². The summed E-state index contributed by atoms with van der Waals surface area (Å²) in [6.45, 7) is 5.78. The number of fused-ring (bicyclic) bond motifs is 2. The molecule has 5 rings (SSSR count). The summed E-state index contributed by atoms with van der Waals surface area (Å²) in [6, 6.07) is 5.28. The van der Waals surface area contributed by atoms with Crippen molar-refractivity contribution in [2.24, 2.45) is 0 Å². The number of amides is 1. The van der Waals surface area contributed by atoms with Crippen molar-refractivity contribution in [2.45, 2.75) is 32.4 Å². The van der Waals surface area contributed by atoms with E-state index in [1.165, 1.54) is 4.40 Å². The van der Waals surface area contributed by atoms with Gasteiger partial charge in [0, 0.05) is 39.0 Å². The summed E-state index contributed by atoms with van der Waals surface area (Å²) in [5.41, 5.74) is 1.96. The molecule has 168 valence electrons. The van der Waals surface area contributed by atoms with Gasteiger partial charge in [-0.1, -0.05) is 6.07 Å². The zero-order valence-electron chi connectivity index (χ0n) is 18.5. The first-order valence-corrected chi connectivity index (χ1v) is 11.1. The first-order chi connectivity index (χ1) is 15.4. The molecule has 9 nitrogen and oxygen atoms in total. The van der Waals surface area contributed by atoms with Crippen LogP contribution in [0.2, 0.25) is 0 Å². The van der Waals surface area contributed by atoms with E-state index in [9.17, 15) is 9.59 Å². The summed E-state index contributed by atoms with van der Waals surface area (Å²) in [6.07, 6.45) is 3.49. The number of nitrogens with zero attached hydrogens (tertiary/aromatic N) is 5. The zero-order valence-corrected chi connectivity index (χ0v) is 18.5. The number of pyridine rings is 2. The second kappa shape index (κ2) is 8.14. The van der Waals surface area contributed by atoms with Gasteiger partial charge in [-0.05, 0) is 44.5 Å². The Bertz CT molecular complexity index is 1310. The molecule has 2 aliphatic rings. The third-order valence-corrected chi connectivity index (χ3v) is 6.56. The number of piperazine rings is 1. The largest absolute Gasteiger partial charge is 0.376 e. The predicted molar refractivity (Wildman–Crippen MR) is 120 cm³/mol. The van der Waals surface area contributed by atoms with Crippen LogP contribution in [0.25, 0.3) is 16.7 Å². The van der Waals surface area contributed by atoms with Gasteiger partial charge in [0.1, 0.15) is 16.8 Å². The number of ether oxygens (including phenoxy) is 1. The molecule has 0 aliphatic carbocycles. The van der Waals surface area contributed by atoms with Crippen LogP contribution >= 0.6 is 0 Å². The Morgan fingerprint density at radius 3 is 2.75 bits per heavy atom. The standard InChI is InChI=1S/C23H28N6O3/c1-15-5-3-7-28-20(15)25-21-18(23(28)31)13-17(22(30)27-10-8-26(2)9-11-27)19(24)29(21)14-16-6-4-12-32-16/h3,5,7,13,16,24H,4,6,8-12,14H2,1-2H3/t16-/m1/s1. The maximum Gasteiger partial charge on any atom is 0.267 e. The summed E-state index contributed by atoms with van der Waals surface area (Å²) >= 11 is 0. The van der Waals surface area contributed by atoms with Crippen LogP contribution in [0.15, 0.2) is 29.2 Å². The van der Waals surface area contributed by atoms with E-state index >= 15 is 0 Å². The van der Waals surface area contributed by atoms with Gasteiger partial charge in [-0.3, -0.25) is 19.4 Å². The summed E-state index contributed by atoms with van der Waals surface area (Å²) < 4.78 is 9.03. The molecule has 2 aliphatic heterocycles. The minimum absolute atomic E-state index is 0.0570. The van der Waals surface area contributed by atoms with Crippen LogP contribution in [0.1, 0.15) is 28.8 Å². The molecule has 3 aromatic heterocycles. The topological polar surface area (TPSA) is 95.9 Å². The minimum Gasteiger partial charge on any atom is -0.376 e. The van der Waals surface area contributed by atoms with Gasteiger partial charge in [-0.2, -0.15) is 0 Å². The summed E-state index contributed by atoms with van der Waals surface area (Å²) in [7, 11) is 2.03. The molecular weight excluding hydrogens is 408 g/mol. The van der Waals surface area contributed by atoms with E-state index in [1.807, 2.05) is 26.1 Å². The van der Waals surface area contributed by atoms with Crippen LogP contribution in [-0.2, 0) is 11.3 Å². The van der Waals surface area contributed by atoms with Crippen LogP contribution in [-0.4, -0.2) is 75.6 Å². The van der Waals surface area contributed by atoms with E-state index in [1.54, 1.807) is 21.7 Å². The average molecular weight is 437 g/mol. The van der Waals surface area contributed by atoms with Crippen molar-refractivity contribution in [2.75, 3.05) is 39.8 Å². The molecular formula is C23H28N6O3. The van der Waals surface area contributed by atoms with Crippen molar-refractivity contribution in [3.8, 4) is 0 Å². The lowest BCUT2D eigenvalue weighted by molar-refractivity contribution is 0.0659.